The molecule has 0 radical (unpaired) electrons. The van der Waals surface area contributed by atoms with E-state index in [0.717, 1.165) is 12.5 Å². The Morgan fingerprint density at radius 2 is 2.14 bits per heavy atom. The summed E-state index contributed by atoms with van der Waals surface area (Å²) in [6, 6.07) is 1.44. The van der Waals surface area contributed by atoms with Gasteiger partial charge in [-0.25, -0.2) is 9.78 Å². The van der Waals surface area contributed by atoms with E-state index in [1.807, 2.05) is 0 Å². The SMILES string of the molecule is COC1CCC(Nc2nc(C(F)(F)F)ccc2C(=O)O)C1. The summed E-state index contributed by atoms with van der Waals surface area (Å²) < 4.78 is 43.2. The van der Waals surface area contributed by atoms with Crippen LogP contribution in [0.3, 0.4) is 0 Å². The molecular weight excluding hydrogens is 289 g/mol. The Labute approximate surface area is 119 Å². The van der Waals surface area contributed by atoms with Crippen molar-refractivity contribution in [1.82, 2.24) is 4.98 Å². The minimum Gasteiger partial charge on any atom is -0.478 e. The molecule has 1 aliphatic carbocycles. The number of ether oxygens (including phenoxy) is 1. The van der Waals surface area contributed by atoms with E-state index >= 15 is 0 Å². The van der Waals surface area contributed by atoms with Gasteiger partial charge < -0.3 is 15.2 Å². The van der Waals surface area contributed by atoms with Crippen molar-refractivity contribution in [2.45, 2.75) is 37.6 Å². The average Bonchev–Trinajstić information content (AvgIpc) is 2.85. The van der Waals surface area contributed by atoms with Gasteiger partial charge >= 0.3 is 12.1 Å². The molecule has 0 aromatic carbocycles. The quantitative estimate of drug-likeness (QED) is 0.895. The second-order valence-electron chi connectivity index (χ2n) is 4.91. The fraction of sp³-hybridized carbons (Fsp3) is 0.538. The van der Waals surface area contributed by atoms with E-state index in [9.17, 15) is 18.0 Å². The third kappa shape index (κ3) is 3.63. The number of alkyl halides is 3. The number of aromatic nitrogens is 1. The monoisotopic (exact) mass is 304 g/mol. The van der Waals surface area contributed by atoms with Gasteiger partial charge in [-0.05, 0) is 31.4 Å². The Bertz CT molecular complexity index is 534. The number of carboxylic acids is 1. The molecule has 0 spiro atoms. The number of halogens is 3. The predicted octanol–water partition coefficient (Wildman–Crippen LogP) is 2.78. The van der Waals surface area contributed by atoms with Crippen LogP contribution in [0.5, 0.6) is 0 Å². The van der Waals surface area contributed by atoms with Crippen molar-refractivity contribution in [3.8, 4) is 0 Å². The Hall–Kier alpha value is -1.83. The molecular formula is C13H15F3N2O3. The largest absolute Gasteiger partial charge is 0.478 e. The molecule has 8 heteroatoms. The molecule has 2 atom stereocenters. The third-order valence-corrected chi connectivity index (χ3v) is 3.47. The first kappa shape index (κ1) is 15.6. The van der Waals surface area contributed by atoms with E-state index in [-0.39, 0.29) is 23.5 Å². The zero-order valence-corrected chi connectivity index (χ0v) is 11.3. The van der Waals surface area contributed by atoms with E-state index in [0.29, 0.717) is 18.9 Å². The smallest absolute Gasteiger partial charge is 0.433 e. The lowest BCUT2D eigenvalue weighted by Crippen LogP contribution is -2.21. The fourth-order valence-electron chi connectivity index (χ4n) is 2.38. The van der Waals surface area contributed by atoms with E-state index in [4.69, 9.17) is 9.84 Å². The number of carbonyl (C=O) groups is 1. The Kier molecular flexibility index (Phi) is 4.36. The van der Waals surface area contributed by atoms with Crippen molar-refractivity contribution in [1.29, 1.82) is 0 Å². The predicted molar refractivity (Wildman–Crippen MR) is 68.3 cm³/mol. The van der Waals surface area contributed by atoms with Crippen molar-refractivity contribution in [3.63, 3.8) is 0 Å². The van der Waals surface area contributed by atoms with Crippen LogP contribution in [0.2, 0.25) is 0 Å². The molecule has 2 rings (SSSR count). The van der Waals surface area contributed by atoms with Crippen molar-refractivity contribution in [2.75, 3.05) is 12.4 Å². The van der Waals surface area contributed by atoms with Crippen LogP contribution in [0, 0.1) is 0 Å². The summed E-state index contributed by atoms with van der Waals surface area (Å²) in [4.78, 5) is 14.5. The number of hydrogen-bond donors (Lipinski definition) is 2. The maximum atomic E-state index is 12.7. The van der Waals surface area contributed by atoms with E-state index < -0.39 is 17.8 Å². The number of anilines is 1. The maximum absolute atomic E-state index is 12.7. The Morgan fingerprint density at radius 3 is 2.67 bits per heavy atom. The number of hydrogen-bond acceptors (Lipinski definition) is 4. The molecule has 0 bridgehead atoms. The van der Waals surface area contributed by atoms with Gasteiger partial charge in [0.15, 0.2) is 0 Å². The van der Waals surface area contributed by atoms with Gasteiger partial charge in [-0.15, -0.1) is 0 Å². The van der Waals surface area contributed by atoms with Crippen LogP contribution in [0.15, 0.2) is 12.1 Å². The molecule has 1 heterocycles. The lowest BCUT2D eigenvalue weighted by atomic mass is 10.2. The lowest BCUT2D eigenvalue weighted by Gasteiger charge is -2.17. The first-order valence-corrected chi connectivity index (χ1v) is 6.42. The zero-order chi connectivity index (χ0) is 15.6. The second-order valence-corrected chi connectivity index (χ2v) is 4.91. The molecule has 5 nitrogen and oxygen atoms in total. The number of carboxylic acid groups (broad SMARTS) is 1. The van der Waals surface area contributed by atoms with Gasteiger partial charge in [0.1, 0.15) is 17.1 Å². The van der Waals surface area contributed by atoms with Crippen LogP contribution in [-0.4, -0.2) is 35.3 Å². The molecule has 1 saturated carbocycles. The van der Waals surface area contributed by atoms with Crippen LogP contribution < -0.4 is 5.32 Å². The van der Waals surface area contributed by atoms with Crippen LogP contribution in [0.1, 0.15) is 35.3 Å². The second kappa shape index (κ2) is 5.88. The zero-order valence-electron chi connectivity index (χ0n) is 11.3. The van der Waals surface area contributed by atoms with Gasteiger partial charge in [-0.1, -0.05) is 0 Å². The summed E-state index contributed by atoms with van der Waals surface area (Å²) >= 11 is 0. The van der Waals surface area contributed by atoms with Gasteiger partial charge in [0.05, 0.1) is 6.10 Å². The molecule has 2 unspecified atom stereocenters. The molecule has 1 fully saturated rings. The van der Waals surface area contributed by atoms with Gasteiger partial charge in [0, 0.05) is 13.2 Å². The van der Waals surface area contributed by atoms with E-state index in [1.54, 1.807) is 7.11 Å². The summed E-state index contributed by atoms with van der Waals surface area (Å²) in [5, 5.41) is 11.8. The van der Waals surface area contributed by atoms with Crippen molar-refractivity contribution in [2.24, 2.45) is 0 Å². The highest BCUT2D eigenvalue weighted by Gasteiger charge is 2.34. The first-order valence-electron chi connectivity index (χ1n) is 6.42. The lowest BCUT2D eigenvalue weighted by molar-refractivity contribution is -0.141. The summed E-state index contributed by atoms with van der Waals surface area (Å²) in [6.45, 7) is 0. The first-order chi connectivity index (χ1) is 9.81. The number of pyridine rings is 1. The van der Waals surface area contributed by atoms with E-state index in [1.165, 1.54) is 0 Å². The average molecular weight is 304 g/mol. The number of rotatable bonds is 4. The van der Waals surface area contributed by atoms with Crippen LogP contribution in [0.25, 0.3) is 0 Å². The third-order valence-electron chi connectivity index (χ3n) is 3.47. The minimum absolute atomic E-state index is 0.0292. The van der Waals surface area contributed by atoms with E-state index in [2.05, 4.69) is 10.3 Å². The number of methoxy groups -OCH3 is 1. The molecule has 1 aromatic heterocycles. The van der Waals surface area contributed by atoms with Gasteiger partial charge in [0.2, 0.25) is 0 Å². The Morgan fingerprint density at radius 1 is 1.43 bits per heavy atom. The highest BCUT2D eigenvalue weighted by molar-refractivity contribution is 5.93. The minimum atomic E-state index is -4.61. The number of aromatic carboxylic acids is 1. The Balaban J connectivity index is 2.25. The van der Waals surface area contributed by atoms with Crippen LogP contribution in [-0.2, 0) is 10.9 Å². The molecule has 116 valence electrons. The standard InChI is InChI=1S/C13H15F3N2O3/c1-21-8-3-2-7(6-8)17-11-9(12(19)20)4-5-10(18-11)13(14,15)16/h4-5,7-8H,2-3,6H2,1H3,(H,17,18)(H,19,20). The van der Waals surface area contributed by atoms with Crippen molar-refractivity contribution < 1.29 is 27.8 Å². The normalized spacial score (nSPS) is 22.3. The highest BCUT2D eigenvalue weighted by Crippen LogP contribution is 2.31. The van der Waals surface area contributed by atoms with Crippen LogP contribution in [0.4, 0.5) is 19.0 Å². The highest BCUT2D eigenvalue weighted by atomic mass is 19.4. The molecule has 1 aliphatic rings. The fourth-order valence-corrected chi connectivity index (χ4v) is 2.38. The molecule has 0 saturated heterocycles. The summed E-state index contributed by atoms with van der Waals surface area (Å²) in [6.07, 6.45) is -2.52. The molecule has 1 aromatic rings. The van der Waals surface area contributed by atoms with Crippen LogP contribution >= 0.6 is 0 Å². The number of nitrogens with zero attached hydrogens (tertiary/aromatic N) is 1. The van der Waals surface area contributed by atoms with Gasteiger partial charge in [-0.3, -0.25) is 0 Å². The summed E-state index contributed by atoms with van der Waals surface area (Å²) in [7, 11) is 1.57. The number of nitrogens with one attached hydrogen (secondary N) is 1. The van der Waals surface area contributed by atoms with Gasteiger partial charge in [0.25, 0.3) is 0 Å². The maximum Gasteiger partial charge on any atom is 0.433 e. The summed E-state index contributed by atoms with van der Waals surface area (Å²) in [5.74, 6) is -1.57. The van der Waals surface area contributed by atoms with Crippen molar-refractivity contribution in [3.05, 3.63) is 23.4 Å². The molecule has 2 N–H and O–H groups in total. The molecule has 0 amide bonds. The molecule has 0 aliphatic heterocycles. The molecule has 21 heavy (non-hydrogen) atoms. The summed E-state index contributed by atoms with van der Waals surface area (Å²) in [5.41, 5.74) is -1.39. The topological polar surface area (TPSA) is 71.5 Å². The van der Waals surface area contributed by atoms with Crippen molar-refractivity contribution >= 4 is 11.8 Å². The van der Waals surface area contributed by atoms with Gasteiger partial charge in [-0.2, -0.15) is 13.2 Å².